The summed E-state index contributed by atoms with van der Waals surface area (Å²) in [5.74, 6) is 0.901. The summed E-state index contributed by atoms with van der Waals surface area (Å²) in [4.78, 5) is 14.0. The number of carbonyl (C=O) groups is 1. The summed E-state index contributed by atoms with van der Waals surface area (Å²) in [5.41, 5.74) is 1.05. The Labute approximate surface area is 138 Å². The molecule has 1 heterocycles. The van der Waals surface area contributed by atoms with Crippen LogP contribution in [0.1, 0.15) is 12.0 Å². The van der Waals surface area contributed by atoms with Gasteiger partial charge in [0.15, 0.2) is 0 Å². The Morgan fingerprint density at radius 1 is 1.35 bits per heavy atom. The molecular weight excluding hydrogens is 294 g/mol. The Kier molecular flexibility index (Phi) is 7.86. The summed E-state index contributed by atoms with van der Waals surface area (Å²) >= 11 is 0. The first-order valence-electron chi connectivity index (χ1n) is 8.21. The van der Waals surface area contributed by atoms with Crippen LogP contribution in [0.25, 0.3) is 0 Å². The van der Waals surface area contributed by atoms with Crippen LogP contribution in [-0.2, 0) is 16.1 Å². The molecule has 6 nitrogen and oxygen atoms in total. The minimum absolute atomic E-state index is 0.0537. The number of amides is 1. The maximum Gasteiger partial charge on any atom is 0.221 e. The molecule has 2 rings (SSSR count). The van der Waals surface area contributed by atoms with Crippen LogP contribution < -0.4 is 15.4 Å². The zero-order valence-corrected chi connectivity index (χ0v) is 13.8. The lowest BCUT2D eigenvalue weighted by atomic mass is 10.2. The zero-order valence-electron chi connectivity index (χ0n) is 13.8. The van der Waals surface area contributed by atoms with Gasteiger partial charge in [0.2, 0.25) is 5.91 Å². The second kappa shape index (κ2) is 10.2. The predicted molar refractivity (Wildman–Crippen MR) is 89.6 cm³/mol. The molecule has 1 aromatic rings. The van der Waals surface area contributed by atoms with Gasteiger partial charge < -0.3 is 20.1 Å². The summed E-state index contributed by atoms with van der Waals surface area (Å²) in [6.07, 6.45) is 0.492. The highest BCUT2D eigenvalue weighted by Crippen LogP contribution is 2.13. The molecule has 1 aromatic carbocycles. The van der Waals surface area contributed by atoms with E-state index in [1.165, 1.54) is 0 Å². The maximum atomic E-state index is 11.6. The van der Waals surface area contributed by atoms with E-state index in [1.807, 2.05) is 31.3 Å². The lowest BCUT2D eigenvalue weighted by Gasteiger charge is -2.26. The van der Waals surface area contributed by atoms with E-state index in [9.17, 15) is 4.79 Å². The summed E-state index contributed by atoms with van der Waals surface area (Å²) in [5, 5.41) is 5.88. The van der Waals surface area contributed by atoms with E-state index in [1.54, 1.807) is 0 Å². The summed E-state index contributed by atoms with van der Waals surface area (Å²) in [7, 11) is 1.84. The van der Waals surface area contributed by atoms with Crippen LogP contribution in [0.2, 0.25) is 0 Å². The van der Waals surface area contributed by atoms with Crippen LogP contribution >= 0.6 is 0 Å². The third-order valence-electron chi connectivity index (χ3n) is 3.77. The van der Waals surface area contributed by atoms with Crippen LogP contribution in [-0.4, -0.2) is 63.9 Å². The fraction of sp³-hybridized carbons (Fsp3) is 0.588. The molecule has 1 amide bonds. The first-order chi connectivity index (χ1) is 11.3. The lowest BCUT2D eigenvalue weighted by molar-refractivity contribution is -0.121. The number of carbonyl (C=O) groups excluding carboxylic acids is 1. The molecule has 1 aliphatic heterocycles. The van der Waals surface area contributed by atoms with E-state index < -0.39 is 0 Å². The Hall–Kier alpha value is -1.63. The summed E-state index contributed by atoms with van der Waals surface area (Å²) < 4.78 is 11.1. The van der Waals surface area contributed by atoms with Gasteiger partial charge in [-0.15, -0.1) is 0 Å². The minimum Gasteiger partial charge on any atom is -0.492 e. The number of benzene rings is 1. The normalized spacial score (nSPS) is 15.3. The van der Waals surface area contributed by atoms with E-state index >= 15 is 0 Å². The van der Waals surface area contributed by atoms with E-state index in [4.69, 9.17) is 9.47 Å². The van der Waals surface area contributed by atoms with Crippen LogP contribution in [0.15, 0.2) is 24.3 Å². The number of morpholine rings is 1. The van der Waals surface area contributed by atoms with Crippen LogP contribution in [0.4, 0.5) is 0 Å². The van der Waals surface area contributed by atoms with Crippen molar-refractivity contribution in [3.63, 3.8) is 0 Å². The summed E-state index contributed by atoms with van der Waals surface area (Å²) in [6, 6.07) is 7.88. The van der Waals surface area contributed by atoms with Crippen molar-refractivity contribution >= 4 is 5.91 Å². The van der Waals surface area contributed by atoms with Gasteiger partial charge in [0, 0.05) is 39.1 Å². The fourth-order valence-electron chi connectivity index (χ4n) is 2.39. The molecule has 0 aliphatic carbocycles. The van der Waals surface area contributed by atoms with Gasteiger partial charge in [-0.25, -0.2) is 0 Å². The molecule has 23 heavy (non-hydrogen) atoms. The van der Waals surface area contributed by atoms with Gasteiger partial charge >= 0.3 is 0 Å². The third kappa shape index (κ3) is 6.99. The Bertz CT molecular complexity index is 476. The molecule has 1 aliphatic rings. The topological polar surface area (TPSA) is 62.8 Å². The smallest absolute Gasteiger partial charge is 0.221 e. The molecule has 128 valence electrons. The van der Waals surface area contributed by atoms with Crippen molar-refractivity contribution in [2.24, 2.45) is 0 Å². The highest BCUT2D eigenvalue weighted by Gasteiger charge is 2.09. The lowest BCUT2D eigenvalue weighted by Crippen LogP contribution is -2.38. The van der Waals surface area contributed by atoms with Crippen LogP contribution in [0.5, 0.6) is 5.75 Å². The average molecular weight is 321 g/mol. The van der Waals surface area contributed by atoms with Gasteiger partial charge in [-0.2, -0.15) is 0 Å². The predicted octanol–water partition coefficient (Wildman–Crippen LogP) is 0.623. The first kappa shape index (κ1) is 17.7. The fourth-order valence-corrected chi connectivity index (χ4v) is 2.39. The molecule has 0 saturated carbocycles. The Balaban J connectivity index is 1.70. The quantitative estimate of drug-likeness (QED) is 0.698. The van der Waals surface area contributed by atoms with Crippen molar-refractivity contribution in [3.05, 3.63) is 29.8 Å². The monoisotopic (exact) mass is 321 g/mol. The van der Waals surface area contributed by atoms with Crippen molar-refractivity contribution in [2.45, 2.75) is 13.0 Å². The molecule has 0 aromatic heterocycles. The first-order valence-corrected chi connectivity index (χ1v) is 8.21. The Morgan fingerprint density at radius 2 is 2.17 bits per heavy atom. The van der Waals surface area contributed by atoms with Gasteiger partial charge in [0.25, 0.3) is 0 Å². The number of ether oxygens (including phenoxy) is 2. The van der Waals surface area contributed by atoms with Crippen molar-refractivity contribution in [1.82, 2.24) is 15.5 Å². The molecule has 0 radical (unpaired) electrons. The molecule has 0 bridgehead atoms. The SMILES string of the molecule is CNCCC(=O)NCc1cccc(OCCN2CCOCC2)c1. The molecule has 0 spiro atoms. The average Bonchev–Trinajstić information content (AvgIpc) is 2.59. The molecular formula is C17H27N3O3. The van der Waals surface area contributed by atoms with E-state index in [-0.39, 0.29) is 5.91 Å². The van der Waals surface area contributed by atoms with Crippen molar-refractivity contribution < 1.29 is 14.3 Å². The largest absolute Gasteiger partial charge is 0.492 e. The minimum atomic E-state index is 0.0537. The number of nitrogens with zero attached hydrogens (tertiary/aromatic N) is 1. The van der Waals surface area contributed by atoms with Gasteiger partial charge in [-0.1, -0.05) is 12.1 Å². The third-order valence-corrected chi connectivity index (χ3v) is 3.77. The second-order valence-corrected chi connectivity index (χ2v) is 5.58. The van der Waals surface area contributed by atoms with E-state index in [0.29, 0.717) is 26.1 Å². The van der Waals surface area contributed by atoms with E-state index in [0.717, 1.165) is 44.2 Å². The highest BCUT2D eigenvalue weighted by molar-refractivity contribution is 5.76. The van der Waals surface area contributed by atoms with E-state index in [2.05, 4.69) is 15.5 Å². The number of hydrogen-bond donors (Lipinski definition) is 2. The van der Waals surface area contributed by atoms with Gasteiger partial charge in [-0.3, -0.25) is 9.69 Å². The molecule has 0 unspecified atom stereocenters. The van der Waals surface area contributed by atoms with Crippen LogP contribution in [0.3, 0.4) is 0 Å². The maximum absolute atomic E-state index is 11.6. The standard InChI is InChI=1S/C17H27N3O3/c1-18-6-5-17(21)19-14-15-3-2-4-16(13-15)23-12-9-20-7-10-22-11-8-20/h2-4,13,18H,5-12,14H2,1H3,(H,19,21). The number of hydrogen-bond acceptors (Lipinski definition) is 5. The number of nitrogens with one attached hydrogen (secondary N) is 2. The van der Waals surface area contributed by atoms with Crippen molar-refractivity contribution in [3.8, 4) is 5.75 Å². The molecule has 1 fully saturated rings. The second-order valence-electron chi connectivity index (χ2n) is 5.58. The van der Waals surface area contributed by atoms with Crippen LogP contribution in [0, 0.1) is 0 Å². The van der Waals surface area contributed by atoms with Gasteiger partial charge in [0.1, 0.15) is 12.4 Å². The van der Waals surface area contributed by atoms with Gasteiger partial charge in [0.05, 0.1) is 13.2 Å². The Morgan fingerprint density at radius 3 is 2.96 bits per heavy atom. The molecule has 6 heteroatoms. The van der Waals surface area contributed by atoms with Crippen molar-refractivity contribution in [2.75, 3.05) is 53.0 Å². The van der Waals surface area contributed by atoms with Crippen molar-refractivity contribution in [1.29, 1.82) is 0 Å². The highest BCUT2D eigenvalue weighted by atomic mass is 16.5. The summed E-state index contributed by atoms with van der Waals surface area (Å²) in [6.45, 7) is 6.36. The zero-order chi connectivity index (χ0) is 16.3. The molecule has 2 N–H and O–H groups in total. The molecule has 1 saturated heterocycles. The molecule has 0 atom stereocenters. The van der Waals surface area contributed by atoms with Gasteiger partial charge in [-0.05, 0) is 24.7 Å². The number of rotatable bonds is 9.